The number of nitrogens with zero attached hydrogens (tertiary/aromatic N) is 1. The Bertz CT molecular complexity index is 695. The highest BCUT2D eigenvalue weighted by Gasteiger charge is 2.21. The quantitative estimate of drug-likeness (QED) is 0.753. The minimum atomic E-state index is -0.0223. The molecule has 0 aromatic heterocycles. The molecule has 1 heterocycles. The average Bonchev–Trinajstić information content (AvgIpc) is 2.40. The standard InChI is InChI=1S/C15H12ClNO3/c16-14-8-17(9-1-3-10(18)4-2-9)7-13-12(14)5-11(19)6-15(13)20/h1-6,8,18-20H,7H2. The van der Waals surface area contributed by atoms with Gasteiger partial charge in [-0.05, 0) is 30.3 Å². The van der Waals surface area contributed by atoms with Crippen molar-refractivity contribution in [2.24, 2.45) is 0 Å². The van der Waals surface area contributed by atoms with Gasteiger partial charge in [0.2, 0.25) is 0 Å². The number of fused-ring (bicyclic) bond motifs is 1. The minimum Gasteiger partial charge on any atom is -0.508 e. The molecule has 0 atom stereocenters. The van der Waals surface area contributed by atoms with Gasteiger partial charge in [-0.2, -0.15) is 0 Å². The fourth-order valence-electron chi connectivity index (χ4n) is 2.25. The van der Waals surface area contributed by atoms with Crippen LogP contribution < -0.4 is 4.90 Å². The molecule has 0 amide bonds. The van der Waals surface area contributed by atoms with Gasteiger partial charge in [-0.25, -0.2) is 0 Å². The van der Waals surface area contributed by atoms with Gasteiger partial charge >= 0.3 is 0 Å². The summed E-state index contributed by atoms with van der Waals surface area (Å²) in [7, 11) is 0. The van der Waals surface area contributed by atoms with Gasteiger partial charge in [-0.15, -0.1) is 0 Å². The third-order valence-corrected chi connectivity index (χ3v) is 3.55. The summed E-state index contributed by atoms with van der Waals surface area (Å²) >= 11 is 6.21. The highest BCUT2D eigenvalue weighted by Crippen LogP contribution is 2.39. The fourth-order valence-corrected chi connectivity index (χ4v) is 2.54. The first-order valence-corrected chi connectivity index (χ1v) is 6.40. The van der Waals surface area contributed by atoms with Gasteiger partial charge in [0.25, 0.3) is 0 Å². The smallest absolute Gasteiger partial charge is 0.124 e. The van der Waals surface area contributed by atoms with Gasteiger partial charge in [-0.3, -0.25) is 0 Å². The summed E-state index contributed by atoms with van der Waals surface area (Å²) in [6.45, 7) is 0.433. The van der Waals surface area contributed by atoms with E-state index in [4.69, 9.17) is 11.6 Å². The van der Waals surface area contributed by atoms with Gasteiger partial charge in [0.15, 0.2) is 0 Å². The van der Waals surface area contributed by atoms with Crippen LogP contribution in [-0.2, 0) is 6.54 Å². The van der Waals surface area contributed by atoms with Crippen LogP contribution in [0, 0.1) is 0 Å². The molecule has 0 saturated carbocycles. The number of phenols is 3. The molecule has 0 radical (unpaired) electrons. The van der Waals surface area contributed by atoms with Crippen LogP contribution in [0.4, 0.5) is 5.69 Å². The topological polar surface area (TPSA) is 63.9 Å². The second-order valence-electron chi connectivity index (χ2n) is 4.61. The van der Waals surface area contributed by atoms with Crippen LogP contribution in [-0.4, -0.2) is 15.3 Å². The molecular weight excluding hydrogens is 278 g/mol. The molecule has 20 heavy (non-hydrogen) atoms. The van der Waals surface area contributed by atoms with Crippen molar-refractivity contribution >= 4 is 22.3 Å². The lowest BCUT2D eigenvalue weighted by atomic mass is 10.0. The average molecular weight is 290 g/mol. The van der Waals surface area contributed by atoms with Crippen LogP contribution in [0.15, 0.2) is 42.6 Å². The zero-order chi connectivity index (χ0) is 14.3. The van der Waals surface area contributed by atoms with E-state index in [0.717, 1.165) is 5.69 Å². The Balaban J connectivity index is 2.04. The SMILES string of the molecule is Oc1ccc(N2C=C(Cl)c3cc(O)cc(O)c3C2)cc1. The molecule has 0 aliphatic carbocycles. The van der Waals surface area contributed by atoms with E-state index in [0.29, 0.717) is 22.7 Å². The second kappa shape index (κ2) is 4.65. The maximum atomic E-state index is 9.95. The van der Waals surface area contributed by atoms with Crippen molar-refractivity contribution in [2.45, 2.75) is 6.54 Å². The van der Waals surface area contributed by atoms with E-state index in [9.17, 15) is 15.3 Å². The van der Waals surface area contributed by atoms with Crippen molar-refractivity contribution in [1.29, 1.82) is 0 Å². The molecule has 0 bridgehead atoms. The monoisotopic (exact) mass is 289 g/mol. The maximum absolute atomic E-state index is 9.95. The first-order valence-electron chi connectivity index (χ1n) is 6.03. The molecule has 4 nitrogen and oxygen atoms in total. The molecule has 0 saturated heterocycles. The van der Waals surface area contributed by atoms with E-state index in [1.54, 1.807) is 30.5 Å². The lowest BCUT2D eigenvalue weighted by molar-refractivity contribution is 0.445. The van der Waals surface area contributed by atoms with Gasteiger partial charge in [0.1, 0.15) is 17.2 Å². The molecule has 0 fully saturated rings. The predicted molar refractivity (Wildman–Crippen MR) is 77.9 cm³/mol. The van der Waals surface area contributed by atoms with E-state index in [-0.39, 0.29) is 17.2 Å². The molecule has 2 aromatic rings. The predicted octanol–water partition coefficient (Wildman–Crippen LogP) is 3.36. The lowest BCUT2D eigenvalue weighted by Gasteiger charge is -2.27. The van der Waals surface area contributed by atoms with E-state index in [1.165, 1.54) is 12.1 Å². The molecule has 5 heteroatoms. The zero-order valence-corrected chi connectivity index (χ0v) is 11.2. The molecule has 2 aromatic carbocycles. The molecule has 102 valence electrons. The Kier molecular flexibility index (Phi) is 2.95. The summed E-state index contributed by atoms with van der Waals surface area (Å²) in [5.41, 5.74) is 2.13. The van der Waals surface area contributed by atoms with Crippen LogP contribution in [0.1, 0.15) is 11.1 Å². The Morgan fingerprint density at radius 2 is 1.65 bits per heavy atom. The van der Waals surface area contributed by atoms with Gasteiger partial charge in [-0.1, -0.05) is 11.6 Å². The van der Waals surface area contributed by atoms with E-state index < -0.39 is 0 Å². The normalized spacial score (nSPS) is 13.8. The zero-order valence-electron chi connectivity index (χ0n) is 10.4. The molecule has 3 rings (SSSR count). The maximum Gasteiger partial charge on any atom is 0.124 e. The van der Waals surface area contributed by atoms with E-state index in [2.05, 4.69) is 0 Å². The van der Waals surface area contributed by atoms with E-state index in [1.807, 2.05) is 4.90 Å². The molecule has 1 aliphatic rings. The minimum absolute atomic E-state index is 0.00929. The van der Waals surface area contributed by atoms with E-state index >= 15 is 0 Å². The summed E-state index contributed by atoms with van der Waals surface area (Å²) in [5.74, 6) is 0.176. The van der Waals surface area contributed by atoms with Gasteiger partial charge < -0.3 is 20.2 Å². The Labute approximate surface area is 120 Å². The number of phenolic OH excluding ortho intramolecular Hbond substituents is 3. The summed E-state index contributed by atoms with van der Waals surface area (Å²) in [6, 6.07) is 9.52. The lowest BCUT2D eigenvalue weighted by Crippen LogP contribution is -2.20. The third-order valence-electron chi connectivity index (χ3n) is 3.25. The summed E-state index contributed by atoms with van der Waals surface area (Å²) in [6.07, 6.45) is 1.73. The van der Waals surface area contributed by atoms with Crippen LogP contribution in [0.5, 0.6) is 17.2 Å². The highest BCUT2D eigenvalue weighted by atomic mass is 35.5. The Morgan fingerprint density at radius 3 is 2.35 bits per heavy atom. The second-order valence-corrected chi connectivity index (χ2v) is 5.02. The number of hydrogen-bond donors (Lipinski definition) is 3. The number of halogens is 1. The van der Waals surface area contributed by atoms with Crippen LogP contribution in [0.3, 0.4) is 0 Å². The molecule has 3 N–H and O–H groups in total. The molecule has 0 unspecified atom stereocenters. The summed E-state index contributed by atoms with van der Waals surface area (Å²) in [4.78, 5) is 1.86. The van der Waals surface area contributed by atoms with Crippen LogP contribution in [0.25, 0.3) is 5.03 Å². The van der Waals surface area contributed by atoms with Crippen molar-refractivity contribution in [2.75, 3.05) is 4.90 Å². The molecular formula is C15H12ClNO3. The van der Waals surface area contributed by atoms with Crippen molar-refractivity contribution in [3.8, 4) is 17.2 Å². The van der Waals surface area contributed by atoms with Crippen molar-refractivity contribution in [3.05, 3.63) is 53.7 Å². The number of benzene rings is 2. The number of hydrogen-bond acceptors (Lipinski definition) is 4. The largest absolute Gasteiger partial charge is 0.508 e. The fraction of sp³-hybridized carbons (Fsp3) is 0.0667. The van der Waals surface area contributed by atoms with Crippen molar-refractivity contribution in [1.82, 2.24) is 0 Å². The number of aromatic hydroxyl groups is 3. The van der Waals surface area contributed by atoms with Crippen molar-refractivity contribution < 1.29 is 15.3 Å². The third kappa shape index (κ3) is 2.14. The number of anilines is 1. The van der Waals surface area contributed by atoms with Gasteiger partial charge in [0.05, 0.1) is 11.6 Å². The number of rotatable bonds is 1. The Morgan fingerprint density at radius 1 is 0.950 bits per heavy atom. The Hall–Kier alpha value is -2.33. The molecule has 0 spiro atoms. The van der Waals surface area contributed by atoms with Gasteiger partial charge in [0, 0.05) is 29.1 Å². The summed E-state index contributed by atoms with van der Waals surface area (Å²) in [5, 5.41) is 29.2. The van der Waals surface area contributed by atoms with Crippen LogP contribution in [0.2, 0.25) is 0 Å². The first-order chi connectivity index (χ1) is 9.54. The van der Waals surface area contributed by atoms with Crippen molar-refractivity contribution in [3.63, 3.8) is 0 Å². The summed E-state index contributed by atoms with van der Waals surface area (Å²) < 4.78 is 0. The highest BCUT2D eigenvalue weighted by molar-refractivity contribution is 6.49. The molecule has 1 aliphatic heterocycles. The first kappa shape index (κ1) is 12.7. The van der Waals surface area contributed by atoms with Crippen LogP contribution >= 0.6 is 11.6 Å².